The van der Waals surface area contributed by atoms with Crippen molar-refractivity contribution in [2.24, 2.45) is 0 Å². The molecule has 0 spiro atoms. The van der Waals surface area contributed by atoms with Crippen molar-refractivity contribution in [1.82, 2.24) is 14.8 Å². The van der Waals surface area contributed by atoms with Gasteiger partial charge in [0.1, 0.15) is 12.5 Å². The summed E-state index contributed by atoms with van der Waals surface area (Å²) < 4.78 is 18.8. The van der Waals surface area contributed by atoms with Crippen LogP contribution in [-0.4, -0.2) is 41.0 Å². The lowest BCUT2D eigenvalue weighted by atomic mass is 10.2. The smallest absolute Gasteiger partial charge is 0.262 e. The molecule has 0 aliphatic carbocycles. The Hall–Kier alpha value is -2.44. The highest BCUT2D eigenvalue weighted by Crippen LogP contribution is 2.29. The van der Waals surface area contributed by atoms with Gasteiger partial charge in [-0.1, -0.05) is 0 Å². The molecule has 0 atom stereocenters. The van der Waals surface area contributed by atoms with Crippen LogP contribution in [0, 0.1) is 0 Å². The second-order valence-electron chi connectivity index (χ2n) is 4.72. The maximum atomic E-state index is 12.5. The summed E-state index contributed by atoms with van der Waals surface area (Å²) in [6, 6.07) is 3.70. The quantitative estimate of drug-likeness (QED) is 0.855. The van der Waals surface area contributed by atoms with Crippen LogP contribution in [0.15, 0.2) is 24.5 Å². The normalized spacial score (nSPS) is 13.3. The van der Waals surface area contributed by atoms with Crippen LogP contribution in [-0.2, 0) is 13.0 Å². The first-order chi connectivity index (χ1) is 10.2. The summed E-state index contributed by atoms with van der Waals surface area (Å²) in [4.78, 5) is 18.5. The Morgan fingerprint density at radius 3 is 3.10 bits per heavy atom. The topological polar surface area (TPSA) is 60.2 Å². The number of rotatable bonds is 4. The molecular formula is C14H15FN4O2. The Kier molecular flexibility index (Phi) is 3.55. The van der Waals surface area contributed by atoms with Gasteiger partial charge in [-0.25, -0.2) is 4.39 Å². The van der Waals surface area contributed by atoms with Gasteiger partial charge in [0.05, 0.1) is 25.4 Å². The van der Waals surface area contributed by atoms with E-state index in [0.29, 0.717) is 23.8 Å². The summed E-state index contributed by atoms with van der Waals surface area (Å²) in [6.07, 6.45) is 3.77. The van der Waals surface area contributed by atoms with Gasteiger partial charge in [0.25, 0.3) is 5.91 Å². The molecule has 1 aliphatic rings. The first-order valence-corrected chi connectivity index (χ1v) is 6.67. The summed E-state index contributed by atoms with van der Waals surface area (Å²) in [6.45, 7) is 0.208. The van der Waals surface area contributed by atoms with Crippen LogP contribution in [0.3, 0.4) is 0 Å². The molecule has 0 N–H and O–H groups in total. The van der Waals surface area contributed by atoms with E-state index in [2.05, 4.69) is 10.1 Å². The van der Waals surface area contributed by atoms with Gasteiger partial charge in [-0.2, -0.15) is 10.1 Å². The average Bonchev–Trinajstić information content (AvgIpc) is 3.13. The number of hydrogen-bond acceptors (Lipinski definition) is 4. The number of methoxy groups -OCH3 is 1. The number of carbonyl (C=O) groups is 1. The number of amides is 1. The molecule has 21 heavy (non-hydrogen) atoms. The highest BCUT2D eigenvalue weighted by molar-refractivity contribution is 6.06. The molecule has 0 unspecified atom stereocenters. The predicted octanol–water partition coefficient (Wildman–Crippen LogP) is 1.46. The van der Waals surface area contributed by atoms with E-state index in [4.69, 9.17) is 4.74 Å². The number of ether oxygens (including phenoxy) is 1. The van der Waals surface area contributed by atoms with Crippen molar-refractivity contribution in [2.45, 2.75) is 13.0 Å². The minimum Gasteiger partial charge on any atom is -0.481 e. The second kappa shape index (κ2) is 5.51. The van der Waals surface area contributed by atoms with Crippen molar-refractivity contribution < 1.29 is 13.9 Å². The molecule has 3 heterocycles. The number of pyridine rings is 1. The van der Waals surface area contributed by atoms with E-state index < -0.39 is 6.67 Å². The third-order valence-corrected chi connectivity index (χ3v) is 3.44. The fraction of sp³-hybridized carbons (Fsp3) is 0.357. The molecule has 1 aliphatic heterocycles. The molecule has 0 saturated heterocycles. The third-order valence-electron chi connectivity index (χ3n) is 3.44. The molecule has 2 aromatic rings. The van der Waals surface area contributed by atoms with Crippen LogP contribution < -0.4 is 9.64 Å². The SMILES string of the molecule is COc1ccc2c(n1)N(C(=O)c1cnn(CCF)c1)CC2. The fourth-order valence-electron chi connectivity index (χ4n) is 2.38. The van der Waals surface area contributed by atoms with Crippen LogP contribution >= 0.6 is 0 Å². The van der Waals surface area contributed by atoms with Gasteiger partial charge >= 0.3 is 0 Å². The van der Waals surface area contributed by atoms with E-state index >= 15 is 0 Å². The Balaban J connectivity index is 1.86. The molecule has 0 saturated carbocycles. The number of carbonyl (C=O) groups excluding carboxylic acids is 1. The van der Waals surface area contributed by atoms with E-state index in [-0.39, 0.29) is 12.5 Å². The van der Waals surface area contributed by atoms with Gasteiger partial charge < -0.3 is 4.74 Å². The number of hydrogen-bond donors (Lipinski definition) is 0. The standard InChI is InChI=1S/C14H15FN4O2/c1-21-12-3-2-10-4-6-19(13(10)17-12)14(20)11-8-16-18(9-11)7-5-15/h2-3,8-9H,4-7H2,1H3. The first-order valence-electron chi connectivity index (χ1n) is 6.67. The van der Waals surface area contributed by atoms with Crippen LogP contribution in [0.5, 0.6) is 5.88 Å². The minimum atomic E-state index is -0.513. The Labute approximate surface area is 121 Å². The van der Waals surface area contributed by atoms with Crippen molar-refractivity contribution in [3.8, 4) is 5.88 Å². The van der Waals surface area contributed by atoms with Crippen molar-refractivity contribution in [3.63, 3.8) is 0 Å². The van der Waals surface area contributed by atoms with Crippen LogP contribution in [0.1, 0.15) is 15.9 Å². The van der Waals surface area contributed by atoms with Crippen molar-refractivity contribution in [1.29, 1.82) is 0 Å². The number of aromatic nitrogens is 3. The molecular weight excluding hydrogens is 275 g/mol. The largest absolute Gasteiger partial charge is 0.481 e. The van der Waals surface area contributed by atoms with Crippen LogP contribution in [0.2, 0.25) is 0 Å². The lowest BCUT2D eigenvalue weighted by molar-refractivity contribution is 0.0988. The number of fused-ring (bicyclic) bond motifs is 1. The van der Waals surface area contributed by atoms with Crippen molar-refractivity contribution in [2.75, 3.05) is 25.2 Å². The highest BCUT2D eigenvalue weighted by Gasteiger charge is 2.28. The van der Waals surface area contributed by atoms with E-state index in [9.17, 15) is 9.18 Å². The van der Waals surface area contributed by atoms with Gasteiger partial charge in [-0.3, -0.25) is 14.4 Å². The van der Waals surface area contributed by atoms with Gasteiger partial charge in [-0.15, -0.1) is 0 Å². The number of anilines is 1. The average molecular weight is 290 g/mol. The molecule has 6 nitrogen and oxygen atoms in total. The molecule has 0 radical (unpaired) electrons. The molecule has 110 valence electrons. The second-order valence-corrected chi connectivity index (χ2v) is 4.72. The molecule has 2 aromatic heterocycles. The first kappa shape index (κ1) is 13.5. The Bertz CT molecular complexity index is 671. The van der Waals surface area contributed by atoms with Crippen molar-refractivity contribution >= 4 is 11.7 Å². The lowest BCUT2D eigenvalue weighted by Crippen LogP contribution is -2.29. The van der Waals surface area contributed by atoms with E-state index in [1.807, 2.05) is 6.07 Å². The van der Waals surface area contributed by atoms with E-state index in [1.54, 1.807) is 17.2 Å². The van der Waals surface area contributed by atoms with Crippen molar-refractivity contribution in [3.05, 3.63) is 35.7 Å². The predicted molar refractivity (Wildman–Crippen MR) is 74.4 cm³/mol. The summed E-state index contributed by atoms with van der Waals surface area (Å²) in [5.74, 6) is 0.916. The zero-order chi connectivity index (χ0) is 14.8. The zero-order valence-corrected chi connectivity index (χ0v) is 11.6. The van der Waals surface area contributed by atoms with Gasteiger partial charge in [0.15, 0.2) is 0 Å². The lowest BCUT2D eigenvalue weighted by Gasteiger charge is -2.15. The van der Waals surface area contributed by atoms with Crippen LogP contribution in [0.25, 0.3) is 0 Å². The number of halogens is 1. The molecule has 0 fully saturated rings. The fourth-order valence-corrected chi connectivity index (χ4v) is 2.38. The molecule has 3 rings (SSSR count). The van der Waals surface area contributed by atoms with E-state index in [0.717, 1.165) is 12.0 Å². The third kappa shape index (κ3) is 2.46. The highest BCUT2D eigenvalue weighted by atomic mass is 19.1. The molecule has 1 amide bonds. The molecule has 7 heteroatoms. The number of nitrogens with zero attached hydrogens (tertiary/aromatic N) is 4. The summed E-state index contributed by atoms with van der Waals surface area (Å²) >= 11 is 0. The summed E-state index contributed by atoms with van der Waals surface area (Å²) in [7, 11) is 1.54. The van der Waals surface area contributed by atoms with Crippen LogP contribution in [0.4, 0.5) is 10.2 Å². The maximum Gasteiger partial charge on any atom is 0.262 e. The van der Waals surface area contributed by atoms with E-state index in [1.165, 1.54) is 18.0 Å². The maximum absolute atomic E-state index is 12.5. The Morgan fingerprint density at radius 1 is 1.48 bits per heavy atom. The number of aryl methyl sites for hydroxylation is 1. The zero-order valence-electron chi connectivity index (χ0n) is 11.6. The summed E-state index contributed by atoms with van der Waals surface area (Å²) in [5, 5.41) is 3.97. The van der Waals surface area contributed by atoms with Gasteiger partial charge in [-0.05, 0) is 18.1 Å². The molecule has 0 aromatic carbocycles. The minimum absolute atomic E-state index is 0.149. The number of alkyl halides is 1. The summed E-state index contributed by atoms with van der Waals surface area (Å²) in [5.41, 5.74) is 1.45. The molecule has 0 bridgehead atoms. The van der Waals surface area contributed by atoms with Gasteiger partial charge in [0, 0.05) is 18.8 Å². The Morgan fingerprint density at radius 2 is 2.33 bits per heavy atom. The van der Waals surface area contributed by atoms with Gasteiger partial charge in [0.2, 0.25) is 5.88 Å². The monoisotopic (exact) mass is 290 g/mol.